The molecule has 0 radical (unpaired) electrons. The van der Waals surface area contributed by atoms with E-state index in [1.165, 1.54) is 80.4 Å². The molecule has 0 saturated carbocycles. The van der Waals surface area contributed by atoms with Crippen molar-refractivity contribution in [3.8, 4) is 11.1 Å². The third-order valence-corrected chi connectivity index (χ3v) is 10.6. The van der Waals surface area contributed by atoms with Gasteiger partial charge in [0.1, 0.15) is 0 Å². The van der Waals surface area contributed by atoms with Gasteiger partial charge in [0.2, 0.25) is 6.71 Å². The fourth-order valence-electron chi connectivity index (χ4n) is 7.97. The van der Waals surface area contributed by atoms with Gasteiger partial charge < -0.3 is 25.3 Å². The van der Waals surface area contributed by atoms with Gasteiger partial charge in [-0.25, -0.2) is 0 Å². The molecule has 0 aliphatic carbocycles. The van der Waals surface area contributed by atoms with Gasteiger partial charge in [0, 0.05) is 8.22 Å². The number of nitrogens with one attached hydrogen (secondary N) is 1. The summed E-state index contributed by atoms with van der Waals surface area (Å²) in [6, 6.07) is 33.5. The number of rotatable bonds is 10. The maximum atomic E-state index is 7.84. The van der Waals surface area contributed by atoms with E-state index in [9.17, 15) is 0 Å². The Morgan fingerprint density at radius 3 is 1.95 bits per heavy atom. The summed E-state index contributed by atoms with van der Waals surface area (Å²) in [4.78, 5) is 4.01. The predicted molar refractivity (Wildman–Crippen MR) is 248 cm³/mol. The van der Waals surface area contributed by atoms with Crippen molar-refractivity contribution in [1.82, 2.24) is 9.80 Å². The molecule has 7 rings (SSSR count). The van der Waals surface area contributed by atoms with Crippen molar-refractivity contribution in [1.29, 1.82) is 0 Å². The van der Waals surface area contributed by atoms with E-state index in [1.54, 1.807) is 24.1 Å². The molecule has 302 valence electrons. The summed E-state index contributed by atoms with van der Waals surface area (Å²) in [6.45, 7) is 20.0. The molecule has 58 heavy (non-hydrogen) atoms. The molecule has 1 N–H and O–H groups in total. The molecular formula is C51H60BN5Pt. The van der Waals surface area contributed by atoms with Crippen LogP contribution in [-0.4, -0.2) is 30.5 Å². The predicted octanol–water partition coefficient (Wildman–Crippen LogP) is 11.6. The zero-order valence-corrected chi connectivity index (χ0v) is 37.7. The van der Waals surface area contributed by atoms with Crippen molar-refractivity contribution < 1.29 is 29.3 Å². The molecule has 5 aromatic carbocycles. The Balaban J connectivity index is 0.000000270. The molecule has 7 heteroatoms. The number of allylic oxidation sites excluding steroid dienone is 1. The van der Waals surface area contributed by atoms with Crippen molar-refractivity contribution in [3.63, 3.8) is 0 Å². The number of aryl methyl sites for hydroxylation is 3. The third kappa shape index (κ3) is 9.95. The van der Waals surface area contributed by atoms with Crippen molar-refractivity contribution in [2.24, 2.45) is 0 Å². The Labute approximate surface area is 373 Å². The number of benzene rings is 5. The summed E-state index contributed by atoms with van der Waals surface area (Å²) >= 11 is 0. The Morgan fingerprint density at radius 1 is 0.828 bits per heavy atom. The van der Waals surface area contributed by atoms with Crippen LogP contribution in [0.4, 0.5) is 22.7 Å². The van der Waals surface area contributed by atoms with Crippen LogP contribution in [0.2, 0.25) is 0 Å². The van der Waals surface area contributed by atoms with Crippen LogP contribution in [0.3, 0.4) is 0 Å². The van der Waals surface area contributed by atoms with Crippen LogP contribution in [0.15, 0.2) is 110 Å². The smallest absolute Gasteiger partial charge is 0.659 e. The van der Waals surface area contributed by atoms with E-state index in [2.05, 4.69) is 146 Å². The molecule has 0 unspecified atom stereocenters. The van der Waals surface area contributed by atoms with E-state index in [1.807, 2.05) is 12.1 Å². The molecule has 0 atom stereocenters. The number of nitrogens with zero attached hydrogens (tertiary/aromatic N) is 4. The SMILES string of the molecule is Cc1cc(C)c(B2c3ccccc3[N-]c3ccccc32)c(C)c1.[2H]C([2H])([2H])N1C=CN(c2[c-]c(N[CH-]N(/C=C\C)C([2H])([2H])[2H])cc(-c3c(C(C)C)cc(C(C)C)cc3C(C)C)c2)[CH-]1.[Pt+4]. The molecule has 0 amide bonds. The van der Waals surface area contributed by atoms with Gasteiger partial charge >= 0.3 is 21.1 Å². The van der Waals surface area contributed by atoms with Gasteiger partial charge in [0.05, 0.1) is 0 Å². The van der Waals surface area contributed by atoms with Crippen LogP contribution in [0.1, 0.15) is 108 Å². The number of anilines is 2. The van der Waals surface area contributed by atoms with E-state index in [0.717, 1.165) is 27.4 Å². The summed E-state index contributed by atoms with van der Waals surface area (Å²) in [5.74, 6) is 0.891. The first-order valence-electron chi connectivity index (χ1n) is 23.0. The van der Waals surface area contributed by atoms with Crippen molar-refractivity contribution in [2.45, 2.75) is 87.0 Å². The maximum absolute atomic E-state index is 7.84. The van der Waals surface area contributed by atoms with Crippen LogP contribution in [0.25, 0.3) is 16.4 Å². The molecule has 5 aromatic rings. The molecule has 2 aliphatic heterocycles. The Kier molecular flexibility index (Phi) is 12.2. The molecule has 5 nitrogen and oxygen atoms in total. The molecule has 0 aromatic heterocycles. The van der Waals surface area contributed by atoms with E-state index in [4.69, 9.17) is 13.5 Å². The average molecular weight is 955 g/mol. The first-order chi connectivity index (χ1) is 29.7. The standard InChI is InChI=1S/C30H41N4.C21H19BN.Pt/c1-10-11-32(8)19-31-26-14-25(15-27(18-26)34-13-12-33(9)20-34)30-28(22(4)5)16-24(21(2)3)17-29(30)23(6)7;1-14-12-15(2)21(16(3)13-14)22-17-8-4-6-10-19(17)23-20-11-7-5-9-18(20)22;/h10-17,19-23,31H,1-9H3;4-13H,1-3H3;/q-3;-1;+4/b11-10-;;/i8D3,9D3;;. The zero-order valence-electron chi connectivity index (χ0n) is 41.5. The van der Waals surface area contributed by atoms with E-state index >= 15 is 0 Å². The molecule has 0 saturated heterocycles. The van der Waals surface area contributed by atoms with Gasteiger partial charge in [0.25, 0.3) is 0 Å². The van der Waals surface area contributed by atoms with Gasteiger partial charge in [-0.3, -0.25) is 0 Å². The largest absolute Gasteiger partial charge is 4.00 e. The summed E-state index contributed by atoms with van der Waals surface area (Å²) in [6.07, 6.45) is 6.32. The first-order valence-corrected chi connectivity index (χ1v) is 20.0. The number of hydrogen-bond acceptors (Lipinski definition) is 4. The molecule has 2 heterocycles. The summed E-state index contributed by atoms with van der Waals surface area (Å²) < 4.78 is 46.9. The van der Waals surface area contributed by atoms with Gasteiger partial charge in [-0.2, -0.15) is 13.3 Å². The number of fused-ring (bicyclic) bond motifs is 2. The van der Waals surface area contributed by atoms with Crippen molar-refractivity contribution >= 4 is 45.9 Å². The second kappa shape index (κ2) is 19.4. The van der Waals surface area contributed by atoms with Crippen molar-refractivity contribution in [3.05, 3.63) is 168 Å². The van der Waals surface area contributed by atoms with Gasteiger partial charge in [-0.05, 0) is 100 Å². The van der Waals surface area contributed by atoms with Crippen molar-refractivity contribution in [2.75, 3.05) is 24.2 Å². The fraction of sp³-hybridized carbons (Fsp3) is 0.294. The normalized spacial score (nSPS) is 15.0. The number of hydrogen-bond donors (Lipinski definition) is 1. The molecule has 2 aliphatic rings. The van der Waals surface area contributed by atoms with E-state index in [-0.39, 0.29) is 39.6 Å². The Bertz CT molecular complexity index is 2380. The fourth-order valence-corrected chi connectivity index (χ4v) is 7.97. The third-order valence-electron chi connectivity index (χ3n) is 10.6. The second-order valence-electron chi connectivity index (χ2n) is 16.1. The van der Waals surface area contributed by atoms with Crippen LogP contribution < -0.4 is 26.6 Å². The minimum absolute atomic E-state index is 0. The quantitative estimate of drug-likeness (QED) is 0.110. The van der Waals surface area contributed by atoms with E-state index in [0.29, 0.717) is 17.3 Å². The average Bonchev–Trinajstić information content (AvgIpc) is 3.73. The maximum Gasteiger partial charge on any atom is 4.00 e. The molecule has 0 bridgehead atoms. The van der Waals surface area contributed by atoms with Crippen LogP contribution >= 0.6 is 0 Å². The van der Waals surface area contributed by atoms with Crippen LogP contribution in [0.5, 0.6) is 0 Å². The van der Waals surface area contributed by atoms with Crippen LogP contribution in [-0.2, 0) is 21.1 Å². The summed E-state index contributed by atoms with van der Waals surface area (Å²) in [7, 11) is 0. The molecule has 0 fully saturated rings. The summed E-state index contributed by atoms with van der Waals surface area (Å²) in [5.41, 5.74) is 17.3. The van der Waals surface area contributed by atoms with Crippen LogP contribution in [0, 0.1) is 40.2 Å². The number of para-hydroxylation sites is 2. The zero-order chi connectivity index (χ0) is 46.0. The molecular weight excluding hydrogens is 888 g/mol. The first kappa shape index (κ1) is 36.4. The summed E-state index contributed by atoms with van der Waals surface area (Å²) in [5, 5.41) is 7.98. The van der Waals surface area contributed by atoms with Gasteiger partial charge in [0.15, 0.2) is 0 Å². The molecule has 0 spiro atoms. The van der Waals surface area contributed by atoms with Gasteiger partial charge in [-0.15, -0.1) is 46.5 Å². The van der Waals surface area contributed by atoms with E-state index < -0.39 is 14.0 Å². The van der Waals surface area contributed by atoms with Gasteiger partial charge in [-0.1, -0.05) is 153 Å². The topological polar surface area (TPSA) is 35.9 Å². The Hall–Kier alpha value is -4.67. The monoisotopic (exact) mass is 954 g/mol. The second-order valence-corrected chi connectivity index (χ2v) is 16.1. The Morgan fingerprint density at radius 2 is 1.43 bits per heavy atom. The minimum atomic E-state index is -2.37. The minimum Gasteiger partial charge on any atom is -0.659 e.